The molecule has 1 aliphatic rings. The summed E-state index contributed by atoms with van der Waals surface area (Å²) >= 11 is 0. The highest BCUT2D eigenvalue weighted by molar-refractivity contribution is 5.85. The molecule has 0 saturated heterocycles. The average Bonchev–Trinajstić information content (AvgIpc) is 2.36. The smallest absolute Gasteiger partial charge is 0.244 e. The number of aryl methyl sites for hydroxylation is 1. The summed E-state index contributed by atoms with van der Waals surface area (Å²) in [6.07, 6.45) is 1.87. The molecule has 1 aromatic rings. The van der Waals surface area contributed by atoms with Crippen LogP contribution >= 0.6 is 0 Å². The first-order valence-electron chi connectivity index (χ1n) is 6.67. The first-order chi connectivity index (χ1) is 8.58. The highest BCUT2D eigenvalue weighted by Crippen LogP contribution is 2.24. The largest absolute Gasteiger partial charge is 0.373 e. The van der Waals surface area contributed by atoms with E-state index < -0.39 is 0 Å². The van der Waals surface area contributed by atoms with Gasteiger partial charge in [0.25, 0.3) is 0 Å². The van der Waals surface area contributed by atoms with Crippen molar-refractivity contribution in [3.8, 4) is 0 Å². The van der Waals surface area contributed by atoms with Crippen molar-refractivity contribution < 1.29 is 4.79 Å². The quantitative estimate of drug-likeness (QED) is 0.889. The van der Waals surface area contributed by atoms with Gasteiger partial charge in [0.2, 0.25) is 5.91 Å². The first-order valence-corrected chi connectivity index (χ1v) is 6.67. The number of carbonyl (C=O) groups excluding carboxylic acids is 1. The molecule has 2 rings (SSSR count). The molecule has 1 aromatic carbocycles. The molecule has 1 atom stereocenters. The van der Waals surface area contributed by atoms with Crippen molar-refractivity contribution in [2.75, 3.05) is 18.9 Å². The summed E-state index contributed by atoms with van der Waals surface area (Å²) in [5, 5.41) is 3.36. The van der Waals surface area contributed by atoms with Gasteiger partial charge in [-0.1, -0.05) is 32.0 Å². The fourth-order valence-corrected chi connectivity index (χ4v) is 2.53. The molecule has 3 heteroatoms. The van der Waals surface area contributed by atoms with Crippen molar-refractivity contribution in [2.45, 2.75) is 32.7 Å². The predicted octanol–water partition coefficient (Wildman–Crippen LogP) is 2.53. The summed E-state index contributed by atoms with van der Waals surface area (Å²) in [7, 11) is 1.89. The van der Waals surface area contributed by atoms with Crippen molar-refractivity contribution in [2.24, 2.45) is 5.92 Å². The van der Waals surface area contributed by atoms with Crippen molar-refractivity contribution in [1.82, 2.24) is 4.90 Å². The lowest BCUT2D eigenvalue weighted by Crippen LogP contribution is -2.44. The number of benzene rings is 1. The molecular weight excluding hydrogens is 224 g/mol. The zero-order valence-electron chi connectivity index (χ0n) is 11.4. The second kappa shape index (κ2) is 5.42. The first kappa shape index (κ1) is 12.9. The maximum absolute atomic E-state index is 12.3. The van der Waals surface area contributed by atoms with Gasteiger partial charge in [-0.05, 0) is 30.4 Å². The van der Waals surface area contributed by atoms with E-state index in [0.717, 1.165) is 25.1 Å². The third kappa shape index (κ3) is 2.84. The Balaban J connectivity index is 2.02. The van der Waals surface area contributed by atoms with Crippen molar-refractivity contribution in [1.29, 1.82) is 0 Å². The highest BCUT2D eigenvalue weighted by Gasteiger charge is 2.26. The van der Waals surface area contributed by atoms with Crippen LogP contribution in [-0.4, -0.2) is 30.4 Å². The second-order valence-corrected chi connectivity index (χ2v) is 5.51. The Kier molecular flexibility index (Phi) is 3.90. The van der Waals surface area contributed by atoms with Gasteiger partial charge in [-0.25, -0.2) is 0 Å². The van der Waals surface area contributed by atoms with Crippen LogP contribution < -0.4 is 5.32 Å². The van der Waals surface area contributed by atoms with Crippen LogP contribution in [0.3, 0.4) is 0 Å². The molecule has 0 fully saturated rings. The van der Waals surface area contributed by atoms with E-state index in [2.05, 4.69) is 31.3 Å². The summed E-state index contributed by atoms with van der Waals surface area (Å²) in [6, 6.07) is 8.17. The van der Waals surface area contributed by atoms with E-state index in [4.69, 9.17) is 0 Å². The number of nitrogens with zero attached hydrogens (tertiary/aromatic N) is 1. The van der Waals surface area contributed by atoms with E-state index in [1.807, 2.05) is 24.1 Å². The number of amides is 1. The van der Waals surface area contributed by atoms with Crippen LogP contribution in [-0.2, 0) is 11.2 Å². The van der Waals surface area contributed by atoms with Gasteiger partial charge in [-0.3, -0.25) is 4.79 Å². The van der Waals surface area contributed by atoms with E-state index >= 15 is 0 Å². The number of hydrogen-bond donors (Lipinski definition) is 1. The molecule has 1 unspecified atom stereocenters. The van der Waals surface area contributed by atoms with Crippen LogP contribution in [0.4, 0.5) is 5.69 Å². The molecule has 0 spiro atoms. The third-order valence-corrected chi connectivity index (χ3v) is 3.36. The van der Waals surface area contributed by atoms with Gasteiger partial charge in [0, 0.05) is 19.3 Å². The predicted molar refractivity (Wildman–Crippen MR) is 74.6 cm³/mol. The van der Waals surface area contributed by atoms with Crippen LogP contribution in [0, 0.1) is 5.92 Å². The van der Waals surface area contributed by atoms with E-state index in [1.165, 1.54) is 5.56 Å². The lowest BCUT2D eigenvalue weighted by molar-refractivity contribution is -0.131. The molecule has 1 N–H and O–H groups in total. The summed E-state index contributed by atoms with van der Waals surface area (Å²) in [4.78, 5) is 14.2. The number of fused-ring (bicyclic) bond motifs is 1. The van der Waals surface area contributed by atoms with E-state index in [1.54, 1.807) is 0 Å². The molecule has 3 nitrogen and oxygen atoms in total. The number of nitrogens with one attached hydrogen (secondary N) is 1. The number of rotatable bonds is 3. The van der Waals surface area contributed by atoms with Crippen molar-refractivity contribution in [3.63, 3.8) is 0 Å². The molecule has 1 amide bonds. The highest BCUT2D eigenvalue weighted by atomic mass is 16.2. The van der Waals surface area contributed by atoms with Gasteiger partial charge in [0.15, 0.2) is 0 Å². The molecule has 1 heterocycles. The van der Waals surface area contributed by atoms with E-state index in [0.29, 0.717) is 5.92 Å². The van der Waals surface area contributed by atoms with Gasteiger partial charge in [-0.15, -0.1) is 0 Å². The van der Waals surface area contributed by atoms with Gasteiger partial charge in [-0.2, -0.15) is 0 Å². The van der Waals surface area contributed by atoms with Gasteiger partial charge in [0.1, 0.15) is 6.04 Å². The fourth-order valence-electron chi connectivity index (χ4n) is 2.53. The lowest BCUT2D eigenvalue weighted by Gasteiger charge is -2.30. The second-order valence-electron chi connectivity index (χ2n) is 5.51. The molecule has 0 radical (unpaired) electrons. The zero-order chi connectivity index (χ0) is 13.1. The minimum atomic E-state index is -0.0661. The average molecular weight is 246 g/mol. The number of hydrogen-bond acceptors (Lipinski definition) is 2. The van der Waals surface area contributed by atoms with E-state index in [-0.39, 0.29) is 11.9 Å². The monoisotopic (exact) mass is 246 g/mol. The maximum atomic E-state index is 12.3. The normalized spacial score (nSPS) is 18.1. The maximum Gasteiger partial charge on any atom is 0.244 e. The number of anilines is 1. The molecule has 0 aromatic heterocycles. The van der Waals surface area contributed by atoms with Crippen LogP contribution in [0.5, 0.6) is 0 Å². The third-order valence-electron chi connectivity index (χ3n) is 3.36. The Morgan fingerprint density at radius 2 is 2.17 bits per heavy atom. The number of likely N-dealkylation sites (N-methyl/N-ethyl adjacent to an activating group) is 1. The van der Waals surface area contributed by atoms with E-state index in [9.17, 15) is 4.79 Å². The van der Waals surface area contributed by atoms with Crippen LogP contribution in [0.1, 0.15) is 25.8 Å². The molecule has 0 bridgehead atoms. The minimum absolute atomic E-state index is 0.0661. The van der Waals surface area contributed by atoms with Crippen molar-refractivity contribution >= 4 is 11.6 Å². The fraction of sp³-hybridized carbons (Fsp3) is 0.533. The summed E-state index contributed by atoms with van der Waals surface area (Å²) in [5.41, 5.74) is 2.42. The SMILES string of the molecule is CC(C)CN(C)C(=O)C1CCc2ccccc2N1. The van der Waals surface area contributed by atoms with Crippen LogP contribution in [0.15, 0.2) is 24.3 Å². The minimum Gasteiger partial charge on any atom is -0.373 e. The Hall–Kier alpha value is -1.51. The molecule has 0 aliphatic carbocycles. The Bertz CT molecular complexity index is 428. The topological polar surface area (TPSA) is 32.3 Å². The van der Waals surface area contributed by atoms with Gasteiger partial charge < -0.3 is 10.2 Å². The van der Waals surface area contributed by atoms with Gasteiger partial charge >= 0.3 is 0 Å². The molecule has 98 valence electrons. The summed E-state index contributed by atoms with van der Waals surface area (Å²) in [6.45, 7) is 5.08. The molecule has 0 saturated carbocycles. The zero-order valence-corrected chi connectivity index (χ0v) is 11.4. The number of para-hydroxylation sites is 1. The van der Waals surface area contributed by atoms with Crippen molar-refractivity contribution in [3.05, 3.63) is 29.8 Å². The lowest BCUT2D eigenvalue weighted by atomic mass is 9.97. The van der Waals surface area contributed by atoms with Crippen LogP contribution in [0.25, 0.3) is 0 Å². The summed E-state index contributed by atoms with van der Waals surface area (Å²) < 4.78 is 0. The van der Waals surface area contributed by atoms with Gasteiger partial charge in [0.05, 0.1) is 0 Å². The Labute approximate surface area is 109 Å². The molecule has 1 aliphatic heterocycles. The Morgan fingerprint density at radius 3 is 2.89 bits per heavy atom. The Morgan fingerprint density at radius 1 is 1.44 bits per heavy atom. The number of carbonyl (C=O) groups is 1. The standard InChI is InChI=1S/C15H22N2O/c1-11(2)10-17(3)15(18)14-9-8-12-6-4-5-7-13(12)16-14/h4-7,11,14,16H,8-10H2,1-3H3. The molecule has 18 heavy (non-hydrogen) atoms. The van der Waals surface area contributed by atoms with Crippen LogP contribution in [0.2, 0.25) is 0 Å². The summed E-state index contributed by atoms with van der Waals surface area (Å²) in [5.74, 6) is 0.716. The molecular formula is C15H22N2O.